The molecule has 1 saturated heterocycles. The number of rotatable bonds is 9. The zero-order valence-corrected chi connectivity index (χ0v) is 18.7. The van der Waals surface area contributed by atoms with Crippen molar-refractivity contribution in [2.45, 2.75) is 70.4 Å². The second-order valence-corrected chi connectivity index (χ2v) is 8.38. The van der Waals surface area contributed by atoms with Crippen molar-refractivity contribution >= 4 is 5.97 Å². The standard InChI is InChI=1S/C27H33NO3/c1-4-22(5-2)31-24-18-21(27(29)30-6-3)17-23-26(24)28(23)25(19-13-9-7-10-14-19)20-15-11-8-12-16-20/h7-16,18,22-26H,4-6,17H2,1-3H3/t23-,24-,26-,28?/m0/s1. The van der Waals surface area contributed by atoms with Crippen molar-refractivity contribution in [3.05, 3.63) is 83.4 Å². The van der Waals surface area contributed by atoms with Crippen LogP contribution in [0.1, 0.15) is 57.2 Å². The van der Waals surface area contributed by atoms with Crippen LogP contribution in [0.4, 0.5) is 0 Å². The van der Waals surface area contributed by atoms with Crippen molar-refractivity contribution in [1.82, 2.24) is 4.90 Å². The molecule has 1 unspecified atom stereocenters. The summed E-state index contributed by atoms with van der Waals surface area (Å²) in [5.74, 6) is -0.207. The van der Waals surface area contributed by atoms with Gasteiger partial charge in [-0.3, -0.25) is 4.90 Å². The average Bonchev–Trinajstić information content (AvgIpc) is 3.53. The molecule has 0 amide bonds. The predicted molar refractivity (Wildman–Crippen MR) is 123 cm³/mol. The fourth-order valence-electron chi connectivity index (χ4n) is 4.89. The first-order valence-electron chi connectivity index (χ1n) is 11.6. The lowest BCUT2D eigenvalue weighted by molar-refractivity contribution is -0.138. The van der Waals surface area contributed by atoms with E-state index in [0.717, 1.165) is 18.4 Å². The monoisotopic (exact) mass is 419 g/mol. The van der Waals surface area contributed by atoms with Crippen LogP contribution in [0.2, 0.25) is 0 Å². The third-order valence-corrected chi connectivity index (χ3v) is 6.49. The highest BCUT2D eigenvalue weighted by Gasteiger charge is 2.58. The normalized spacial score (nSPS) is 24.6. The Bertz CT molecular complexity index is 852. The highest BCUT2D eigenvalue weighted by atomic mass is 16.5. The molecular formula is C27H33NO3. The van der Waals surface area contributed by atoms with Gasteiger partial charge in [0, 0.05) is 11.6 Å². The van der Waals surface area contributed by atoms with Crippen molar-refractivity contribution in [3.63, 3.8) is 0 Å². The van der Waals surface area contributed by atoms with Crippen LogP contribution in [0.3, 0.4) is 0 Å². The Labute approximate surface area is 185 Å². The van der Waals surface area contributed by atoms with Gasteiger partial charge in [0.05, 0.1) is 30.9 Å². The Morgan fingerprint density at radius 3 is 2.06 bits per heavy atom. The number of ether oxygens (including phenoxy) is 2. The van der Waals surface area contributed by atoms with Crippen molar-refractivity contribution in [2.75, 3.05) is 6.61 Å². The van der Waals surface area contributed by atoms with Crippen molar-refractivity contribution < 1.29 is 14.3 Å². The molecule has 0 spiro atoms. The lowest BCUT2D eigenvalue weighted by Crippen LogP contribution is -2.31. The fourth-order valence-corrected chi connectivity index (χ4v) is 4.89. The van der Waals surface area contributed by atoms with Crippen molar-refractivity contribution in [1.29, 1.82) is 0 Å². The predicted octanol–water partition coefficient (Wildman–Crippen LogP) is 5.30. The number of fused-ring (bicyclic) bond motifs is 1. The highest BCUT2D eigenvalue weighted by Crippen LogP contribution is 2.50. The summed E-state index contributed by atoms with van der Waals surface area (Å²) < 4.78 is 11.9. The molecule has 1 heterocycles. The van der Waals surface area contributed by atoms with Gasteiger partial charge in [-0.1, -0.05) is 74.5 Å². The lowest BCUT2D eigenvalue weighted by Gasteiger charge is -2.25. The highest BCUT2D eigenvalue weighted by molar-refractivity contribution is 5.89. The molecule has 0 radical (unpaired) electrons. The maximum absolute atomic E-state index is 12.6. The van der Waals surface area contributed by atoms with E-state index in [2.05, 4.69) is 79.4 Å². The molecule has 0 bridgehead atoms. The molecular weight excluding hydrogens is 386 g/mol. The summed E-state index contributed by atoms with van der Waals surface area (Å²) in [6.07, 6.45) is 4.77. The van der Waals surface area contributed by atoms with Gasteiger partial charge < -0.3 is 9.47 Å². The minimum absolute atomic E-state index is 0.0991. The van der Waals surface area contributed by atoms with Crippen molar-refractivity contribution in [2.24, 2.45) is 0 Å². The Morgan fingerprint density at radius 2 is 1.55 bits per heavy atom. The molecule has 1 aliphatic carbocycles. The summed E-state index contributed by atoms with van der Waals surface area (Å²) in [4.78, 5) is 15.1. The Kier molecular flexibility index (Phi) is 6.89. The van der Waals surface area contributed by atoms with Crippen LogP contribution in [-0.4, -0.2) is 41.8 Å². The molecule has 1 fully saturated rings. The van der Waals surface area contributed by atoms with E-state index in [-0.39, 0.29) is 36.3 Å². The molecule has 4 atom stereocenters. The topological polar surface area (TPSA) is 38.5 Å². The molecule has 4 rings (SSSR count). The zero-order valence-electron chi connectivity index (χ0n) is 18.7. The number of hydrogen-bond donors (Lipinski definition) is 0. The number of carbonyl (C=O) groups is 1. The molecule has 2 aromatic rings. The van der Waals surface area contributed by atoms with E-state index in [1.165, 1.54) is 11.1 Å². The summed E-state index contributed by atoms with van der Waals surface area (Å²) >= 11 is 0. The summed E-state index contributed by atoms with van der Waals surface area (Å²) in [5.41, 5.74) is 3.28. The molecule has 0 N–H and O–H groups in total. The van der Waals surface area contributed by atoms with Crippen LogP contribution in [0, 0.1) is 0 Å². The van der Waals surface area contributed by atoms with Gasteiger partial charge in [-0.25, -0.2) is 4.79 Å². The van der Waals surface area contributed by atoms with E-state index in [1.807, 2.05) is 13.0 Å². The van der Waals surface area contributed by atoms with Crippen LogP contribution in [-0.2, 0) is 14.3 Å². The molecule has 164 valence electrons. The molecule has 0 saturated carbocycles. The molecule has 4 nitrogen and oxygen atoms in total. The van der Waals surface area contributed by atoms with E-state index in [0.29, 0.717) is 13.0 Å². The minimum atomic E-state index is -0.207. The lowest BCUT2D eigenvalue weighted by atomic mass is 9.97. The van der Waals surface area contributed by atoms with Crippen LogP contribution in [0.25, 0.3) is 0 Å². The van der Waals surface area contributed by atoms with Gasteiger partial charge in [0.15, 0.2) is 0 Å². The molecule has 2 aromatic carbocycles. The van der Waals surface area contributed by atoms with E-state index in [9.17, 15) is 4.79 Å². The Balaban J connectivity index is 1.67. The second kappa shape index (κ2) is 9.80. The third kappa shape index (κ3) is 4.60. The molecule has 1 aliphatic heterocycles. The molecule has 31 heavy (non-hydrogen) atoms. The Morgan fingerprint density at radius 1 is 0.968 bits per heavy atom. The number of benzene rings is 2. The first-order valence-corrected chi connectivity index (χ1v) is 11.6. The van der Waals surface area contributed by atoms with Gasteiger partial charge in [-0.05, 0) is 43.4 Å². The quantitative estimate of drug-likeness (QED) is 0.409. The molecule has 2 aliphatic rings. The fraction of sp³-hybridized carbons (Fsp3) is 0.444. The molecule has 4 heteroatoms. The average molecular weight is 420 g/mol. The maximum atomic E-state index is 12.6. The van der Waals surface area contributed by atoms with Gasteiger partial charge >= 0.3 is 5.97 Å². The largest absolute Gasteiger partial charge is 0.463 e. The molecule has 0 aromatic heterocycles. The van der Waals surface area contributed by atoms with Gasteiger partial charge in [-0.2, -0.15) is 0 Å². The van der Waals surface area contributed by atoms with E-state index in [1.54, 1.807) is 0 Å². The summed E-state index contributed by atoms with van der Waals surface area (Å²) in [5, 5.41) is 0. The minimum Gasteiger partial charge on any atom is -0.463 e. The summed E-state index contributed by atoms with van der Waals surface area (Å²) in [7, 11) is 0. The van der Waals surface area contributed by atoms with Gasteiger partial charge in [-0.15, -0.1) is 0 Å². The van der Waals surface area contributed by atoms with E-state index >= 15 is 0 Å². The first-order chi connectivity index (χ1) is 15.2. The summed E-state index contributed by atoms with van der Waals surface area (Å²) in [6.45, 7) is 6.56. The van der Waals surface area contributed by atoms with Gasteiger partial charge in [0.2, 0.25) is 0 Å². The van der Waals surface area contributed by atoms with Crippen LogP contribution >= 0.6 is 0 Å². The van der Waals surface area contributed by atoms with Crippen LogP contribution < -0.4 is 0 Å². The second-order valence-electron chi connectivity index (χ2n) is 8.38. The van der Waals surface area contributed by atoms with Crippen molar-refractivity contribution in [3.8, 4) is 0 Å². The maximum Gasteiger partial charge on any atom is 0.333 e. The smallest absolute Gasteiger partial charge is 0.333 e. The first kappa shape index (κ1) is 21.8. The number of nitrogens with zero attached hydrogens (tertiary/aromatic N) is 1. The zero-order chi connectivity index (χ0) is 21.8. The third-order valence-electron chi connectivity index (χ3n) is 6.49. The SMILES string of the molecule is CCOC(=O)C1=C[C@H](OC(CC)CC)[C@@H]2[C@H](C1)N2C(c1ccccc1)c1ccccc1. The number of carbonyl (C=O) groups excluding carboxylic acids is 1. The van der Waals surface area contributed by atoms with Gasteiger partial charge in [0.25, 0.3) is 0 Å². The number of hydrogen-bond acceptors (Lipinski definition) is 4. The van der Waals surface area contributed by atoms with E-state index in [4.69, 9.17) is 9.47 Å². The number of esters is 1. The van der Waals surface area contributed by atoms with Crippen LogP contribution in [0.5, 0.6) is 0 Å². The Hall–Kier alpha value is -2.43. The summed E-state index contributed by atoms with van der Waals surface area (Å²) in [6, 6.07) is 21.9. The van der Waals surface area contributed by atoms with Gasteiger partial charge in [0.1, 0.15) is 0 Å². The van der Waals surface area contributed by atoms with Crippen LogP contribution in [0.15, 0.2) is 72.3 Å². The van der Waals surface area contributed by atoms with E-state index < -0.39 is 0 Å².